The van der Waals surface area contributed by atoms with Crippen LogP contribution < -0.4 is 4.90 Å². The first kappa shape index (κ1) is 10.3. The summed E-state index contributed by atoms with van der Waals surface area (Å²) in [6.45, 7) is 4.02. The van der Waals surface area contributed by atoms with Crippen LogP contribution in [0, 0.1) is 13.8 Å². The minimum atomic E-state index is 0.119. The molecule has 2 nitrogen and oxygen atoms in total. The lowest BCUT2D eigenvalue weighted by Gasteiger charge is -2.18. The molecule has 1 aliphatic rings. The zero-order valence-electron chi connectivity index (χ0n) is 8.91. The summed E-state index contributed by atoms with van der Waals surface area (Å²) in [4.78, 5) is 14.1. The van der Waals surface area contributed by atoms with Gasteiger partial charge in [0.2, 0.25) is 5.91 Å². The highest BCUT2D eigenvalue weighted by Crippen LogP contribution is 2.27. The molecule has 1 aliphatic heterocycles. The van der Waals surface area contributed by atoms with Gasteiger partial charge in [-0.1, -0.05) is 24.4 Å². The molecule has 1 heterocycles. The molecule has 3 heteroatoms. The molecule has 0 unspecified atom stereocenters. The van der Waals surface area contributed by atoms with Crippen molar-refractivity contribution in [3.63, 3.8) is 0 Å². The number of carbonyl (C=O) groups is 1. The van der Waals surface area contributed by atoms with E-state index in [9.17, 15) is 4.79 Å². The molecular weight excluding hydrogens is 206 g/mol. The van der Waals surface area contributed by atoms with Crippen molar-refractivity contribution in [2.45, 2.75) is 26.7 Å². The highest BCUT2D eigenvalue weighted by atomic mass is 32.1. The van der Waals surface area contributed by atoms with E-state index in [1.54, 1.807) is 4.90 Å². The van der Waals surface area contributed by atoms with Crippen molar-refractivity contribution < 1.29 is 4.79 Å². The number of nitrogens with zero attached hydrogens (tertiary/aromatic N) is 1. The number of benzene rings is 1. The van der Waals surface area contributed by atoms with Gasteiger partial charge < -0.3 is 0 Å². The first-order chi connectivity index (χ1) is 7.09. The summed E-state index contributed by atoms with van der Waals surface area (Å²) in [7, 11) is 0. The smallest absolute Gasteiger partial charge is 0.232 e. The molecule has 15 heavy (non-hydrogen) atoms. The van der Waals surface area contributed by atoms with E-state index in [1.165, 1.54) is 0 Å². The minimum Gasteiger partial charge on any atom is -0.275 e. The van der Waals surface area contributed by atoms with E-state index in [0.717, 1.165) is 21.8 Å². The first-order valence-electron chi connectivity index (χ1n) is 5.02. The van der Waals surface area contributed by atoms with E-state index < -0.39 is 0 Å². The number of amides is 1. The van der Waals surface area contributed by atoms with Crippen molar-refractivity contribution in [2.75, 3.05) is 4.90 Å². The van der Waals surface area contributed by atoms with E-state index in [0.29, 0.717) is 12.8 Å². The SMILES string of the molecule is Cc1ccc(C)c(N2C(=O)CCC2=S)c1. The van der Waals surface area contributed by atoms with Crippen LogP contribution in [0.4, 0.5) is 5.69 Å². The lowest BCUT2D eigenvalue weighted by atomic mass is 10.1. The Hall–Kier alpha value is -1.22. The number of aryl methyl sites for hydroxylation is 2. The summed E-state index contributed by atoms with van der Waals surface area (Å²) in [5, 5.41) is 0. The normalized spacial score (nSPS) is 16.3. The Morgan fingerprint density at radius 3 is 2.60 bits per heavy atom. The van der Waals surface area contributed by atoms with Crippen LogP contribution in [-0.4, -0.2) is 10.9 Å². The van der Waals surface area contributed by atoms with Gasteiger partial charge in [-0.15, -0.1) is 0 Å². The maximum Gasteiger partial charge on any atom is 0.232 e. The first-order valence-corrected chi connectivity index (χ1v) is 5.43. The lowest BCUT2D eigenvalue weighted by molar-refractivity contribution is -0.116. The van der Waals surface area contributed by atoms with Gasteiger partial charge in [0, 0.05) is 12.8 Å². The Bertz CT molecular complexity index is 423. The van der Waals surface area contributed by atoms with E-state index in [1.807, 2.05) is 32.0 Å². The zero-order chi connectivity index (χ0) is 11.0. The molecule has 78 valence electrons. The van der Waals surface area contributed by atoms with E-state index >= 15 is 0 Å². The molecule has 1 saturated heterocycles. The van der Waals surface area contributed by atoms with Gasteiger partial charge >= 0.3 is 0 Å². The Kier molecular flexibility index (Phi) is 2.57. The second-order valence-electron chi connectivity index (χ2n) is 3.91. The fraction of sp³-hybridized carbons (Fsp3) is 0.333. The predicted octanol–water partition coefficient (Wildman–Crippen LogP) is 2.76. The van der Waals surface area contributed by atoms with Gasteiger partial charge in [0.15, 0.2) is 0 Å². The molecule has 0 aliphatic carbocycles. The summed E-state index contributed by atoms with van der Waals surface area (Å²) in [6, 6.07) is 6.09. The molecule has 0 bridgehead atoms. The Balaban J connectivity index is 2.48. The minimum absolute atomic E-state index is 0.119. The second kappa shape index (κ2) is 3.74. The summed E-state index contributed by atoms with van der Waals surface area (Å²) < 4.78 is 0. The van der Waals surface area contributed by atoms with Crippen molar-refractivity contribution in [1.82, 2.24) is 0 Å². The van der Waals surface area contributed by atoms with Crippen molar-refractivity contribution in [3.05, 3.63) is 29.3 Å². The number of hydrogen-bond acceptors (Lipinski definition) is 2. The number of anilines is 1. The van der Waals surface area contributed by atoms with Gasteiger partial charge in [-0.05, 0) is 31.0 Å². The molecule has 1 fully saturated rings. The van der Waals surface area contributed by atoms with Gasteiger partial charge in [-0.3, -0.25) is 9.69 Å². The molecule has 0 N–H and O–H groups in total. The fourth-order valence-electron chi connectivity index (χ4n) is 1.81. The summed E-state index contributed by atoms with van der Waals surface area (Å²) in [5.41, 5.74) is 3.19. The molecule has 0 spiro atoms. The molecule has 1 amide bonds. The predicted molar refractivity (Wildman–Crippen MR) is 65.2 cm³/mol. The van der Waals surface area contributed by atoms with Crippen LogP contribution in [0.5, 0.6) is 0 Å². The van der Waals surface area contributed by atoms with E-state index in [4.69, 9.17) is 12.2 Å². The summed E-state index contributed by atoms with van der Waals surface area (Å²) in [6.07, 6.45) is 1.26. The van der Waals surface area contributed by atoms with Crippen LogP contribution >= 0.6 is 12.2 Å². The maximum absolute atomic E-state index is 11.7. The monoisotopic (exact) mass is 219 g/mol. The molecule has 1 aromatic rings. The molecular formula is C12H13NOS. The molecule has 2 rings (SSSR count). The van der Waals surface area contributed by atoms with Crippen LogP contribution in [0.15, 0.2) is 18.2 Å². The third-order valence-electron chi connectivity index (χ3n) is 2.66. The van der Waals surface area contributed by atoms with Gasteiger partial charge in [0.05, 0.1) is 10.7 Å². The third kappa shape index (κ3) is 1.79. The number of hydrogen-bond donors (Lipinski definition) is 0. The average molecular weight is 219 g/mol. The molecule has 0 saturated carbocycles. The topological polar surface area (TPSA) is 20.3 Å². The van der Waals surface area contributed by atoms with Crippen molar-refractivity contribution >= 4 is 28.8 Å². The average Bonchev–Trinajstić information content (AvgIpc) is 2.51. The Morgan fingerprint density at radius 1 is 1.27 bits per heavy atom. The van der Waals surface area contributed by atoms with Gasteiger partial charge in [0.1, 0.15) is 0 Å². The van der Waals surface area contributed by atoms with Gasteiger partial charge in [0.25, 0.3) is 0 Å². The van der Waals surface area contributed by atoms with Crippen molar-refractivity contribution in [1.29, 1.82) is 0 Å². The third-order valence-corrected chi connectivity index (χ3v) is 3.04. The van der Waals surface area contributed by atoms with Gasteiger partial charge in [-0.2, -0.15) is 0 Å². The molecule has 0 radical (unpaired) electrons. The number of thiocarbonyl (C=S) groups is 1. The van der Waals surface area contributed by atoms with Crippen molar-refractivity contribution in [2.24, 2.45) is 0 Å². The number of rotatable bonds is 1. The largest absolute Gasteiger partial charge is 0.275 e. The van der Waals surface area contributed by atoms with Crippen molar-refractivity contribution in [3.8, 4) is 0 Å². The molecule has 0 atom stereocenters. The summed E-state index contributed by atoms with van der Waals surface area (Å²) >= 11 is 5.21. The zero-order valence-corrected chi connectivity index (χ0v) is 9.73. The van der Waals surface area contributed by atoms with Gasteiger partial charge in [-0.25, -0.2) is 0 Å². The Labute approximate surface area is 94.9 Å². The second-order valence-corrected chi connectivity index (χ2v) is 4.38. The number of carbonyl (C=O) groups excluding carboxylic acids is 1. The van der Waals surface area contributed by atoms with Crippen LogP contribution in [-0.2, 0) is 4.79 Å². The van der Waals surface area contributed by atoms with Crippen LogP contribution in [0.1, 0.15) is 24.0 Å². The summed E-state index contributed by atoms with van der Waals surface area (Å²) in [5.74, 6) is 0.119. The molecule has 1 aromatic carbocycles. The van der Waals surface area contributed by atoms with E-state index in [-0.39, 0.29) is 5.91 Å². The molecule has 0 aromatic heterocycles. The van der Waals surface area contributed by atoms with Crippen LogP contribution in [0.3, 0.4) is 0 Å². The van der Waals surface area contributed by atoms with E-state index in [2.05, 4.69) is 0 Å². The highest BCUT2D eigenvalue weighted by molar-refractivity contribution is 7.80. The maximum atomic E-state index is 11.7. The van der Waals surface area contributed by atoms with Crippen LogP contribution in [0.25, 0.3) is 0 Å². The fourth-order valence-corrected chi connectivity index (χ4v) is 2.11. The highest BCUT2D eigenvalue weighted by Gasteiger charge is 2.27. The van der Waals surface area contributed by atoms with Crippen LogP contribution in [0.2, 0.25) is 0 Å². The quantitative estimate of drug-likeness (QED) is 0.677. The standard InChI is InChI=1S/C12H13NOS/c1-8-3-4-9(2)10(7-8)13-11(14)5-6-12(13)15/h3-4,7H,5-6H2,1-2H3. The lowest BCUT2D eigenvalue weighted by Crippen LogP contribution is -2.28. The Morgan fingerprint density at radius 2 is 2.00 bits per heavy atom.